The highest BCUT2D eigenvalue weighted by atomic mass is 16.5. The molecule has 0 unspecified atom stereocenters. The van der Waals surface area contributed by atoms with Crippen LogP contribution in [0.5, 0.6) is 0 Å². The van der Waals surface area contributed by atoms with Crippen LogP contribution >= 0.6 is 0 Å². The lowest BCUT2D eigenvalue weighted by Gasteiger charge is -2.34. The van der Waals surface area contributed by atoms with E-state index < -0.39 is 0 Å². The van der Waals surface area contributed by atoms with Crippen LogP contribution in [0.4, 0.5) is 0 Å². The van der Waals surface area contributed by atoms with Gasteiger partial charge in [-0.15, -0.1) is 0 Å². The van der Waals surface area contributed by atoms with Crippen molar-refractivity contribution in [3.8, 4) is 0 Å². The normalized spacial score (nSPS) is 34.4. The van der Waals surface area contributed by atoms with E-state index in [0.29, 0.717) is 6.61 Å². The van der Waals surface area contributed by atoms with Gasteiger partial charge in [0.2, 0.25) is 0 Å². The maximum Gasteiger partial charge on any atom is 0.0900 e. The molecule has 0 amide bonds. The van der Waals surface area contributed by atoms with E-state index in [1.807, 2.05) is 0 Å². The Bertz CT molecular complexity index is 331. The van der Waals surface area contributed by atoms with E-state index in [1.54, 1.807) is 0 Å². The second-order valence-electron chi connectivity index (χ2n) is 7.69. The first-order chi connectivity index (χ1) is 10.7. The Labute approximate surface area is 135 Å². The van der Waals surface area contributed by atoms with Gasteiger partial charge in [-0.1, -0.05) is 13.3 Å². The van der Waals surface area contributed by atoms with Crippen LogP contribution < -0.4 is 0 Å². The third-order valence-electron chi connectivity index (χ3n) is 6.21. The van der Waals surface area contributed by atoms with Crippen molar-refractivity contribution in [3.63, 3.8) is 0 Å². The zero-order chi connectivity index (χ0) is 15.4. The molecule has 1 heterocycles. The number of piperazine rings is 1. The van der Waals surface area contributed by atoms with Crippen molar-refractivity contribution in [3.05, 3.63) is 0 Å². The Kier molecular flexibility index (Phi) is 6.14. The van der Waals surface area contributed by atoms with Gasteiger partial charge in [-0.3, -0.25) is 4.90 Å². The minimum Gasteiger partial charge on any atom is -0.389 e. The summed E-state index contributed by atoms with van der Waals surface area (Å²) in [6, 6.07) is 0. The molecule has 3 aliphatic rings. The third-order valence-corrected chi connectivity index (χ3v) is 6.21. The van der Waals surface area contributed by atoms with E-state index in [4.69, 9.17) is 4.74 Å². The molecule has 2 aliphatic carbocycles. The van der Waals surface area contributed by atoms with Crippen LogP contribution in [0.3, 0.4) is 0 Å². The van der Waals surface area contributed by atoms with Crippen LogP contribution in [0, 0.1) is 17.8 Å². The van der Waals surface area contributed by atoms with Crippen LogP contribution in [0.1, 0.15) is 39.0 Å². The highest BCUT2D eigenvalue weighted by Crippen LogP contribution is 2.49. The van der Waals surface area contributed by atoms with Crippen molar-refractivity contribution in [1.29, 1.82) is 0 Å². The van der Waals surface area contributed by atoms with Gasteiger partial charge in [-0.25, -0.2) is 0 Å². The van der Waals surface area contributed by atoms with Crippen molar-refractivity contribution in [2.24, 2.45) is 17.8 Å². The summed E-state index contributed by atoms with van der Waals surface area (Å²) in [7, 11) is 0. The van der Waals surface area contributed by atoms with Gasteiger partial charge in [-0.2, -0.15) is 0 Å². The summed E-state index contributed by atoms with van der Waals surface area (Å²) in [5, 5.41) is 10.1. The summed E-state index contributed by atoms with van der Waals surface area (Å²) in [5.74, 6) is 2.94. The molecule has 3 fully saturated rings. The minimum absolute atomic E-state index is 0.326. The molecule has 2 bridgehead atoms. The molecule has 1 saturated heterocycles. The van der Waals surface area contributed by atoms with Gasteiger partial charge in [0.25, 0.3) is 0 Å². The first-order valence-electron chi connectivity index (χ1n) is 9.45. The molecule has 0 radical (unpaired) electrons. The number of β-amino-alcohol motifs (C(OH)–C–C–N with tert-alkyl or cyclic N) is 1. The van der Waals surface area contributed by atoms with Gasteiger partial charge < -0.3 is 14.7 Å². The zero-order valence-corrected chi connectivity index (χ0v) is 14.3. The van der Waals surface area contributed by atoms with Gasteiger partial charge in [0, 0.05) is 39.3 Å². The molecule has 0 aromatic rings. The maximum absolute atomic E-state index is 10.1. The van der Waals surface area contributed by atoms with Crippen LogP contribution in [0.15, 0.2) is 0 Å². The SMILES string of the molecule is CCN1CCN(C[C@@H](O)COCC[C@H]2C[C@@H]3CC[C@@H]2C3)CC1. The Morgan fingerprint density at radius 2 is 1.86 bits per heavy atom. The Morgan fingerprint density at radius 1 is 1.09 bits per heavy atom. The van der Waals surface area contributed by atoms with Crippen LogP contribution in [-0.4, -0.2) is 73.5 Å². The lowest BCUT2D eigenvalue weighted by Crippen LogP contribution is -2.48. The molecule has 0 aromatic carbocycles. The van der Waals surface area contributed by atoms with Gasteiger partial charge in [0.05, 0.1) is 12.7 Å². The van der Waals surface area contributed by atoms with Crippen molar-refractivity contribution in [2.75, 3.05) is 52.5 Å². The number of fused-ring (bicyclic) bond motifs is 2. The highest BCUT2D eigenvalue weighted by Gasteiger charge is 2.38. The summed E-state index contributed by atoms with van der Waals surface area (Å²) >= 11 is 0. The number of hydrogen-bond donors (Lipinski definition) is 1. The van der Waals surface area contributed by atoms with Crippen molar-refractivity contribution < 1.29 is 9.84 Å². The van der Waals surface area contributed by atoms with E-state index in [2.05, 4.69) is 16.7 Å². The van der Waals surface area contributed by atoms with Crippen LogP contribution in [0.2, 0.25) is 0 Å². The Morgan fingerprint density at radius 3 is 2.50 bits per heavy atom. The maximum atomic E-state index is 10.1. The molecule has 4 nitrogen and oxygen atoms in total. The number of aliphatic hydroxyl groups is 1. The van der Waals surface area contributed by atoms with Crippen molar-refractivity contribution in [1.82, 2.24) is 9.80 Å². The summed E-state index contributed by atoms with van der Waals surface area (Å²) in [4.78, 5) is 4.84. The second-order valence-corrected chi connectivity index (χ2v) is 7.69. The molecule has 4 atom stereocenters. The molecular formula is C18H34N2O2. The van der Waals surface area contributed by atoms with Gasteiger partial charge in [0.1, 0.15) is 0 Å². The minimum atomic E-state index is -0.326. The molecule has 1 N–H and O–H groups in total. The number of rotatable bonds is 8. The first kappa shape index (κ1) is 16.7. The molecule has 2 saturated carbocycles. The molecular weight excluding hydrogens is 276 g/mol. The first-order valence-corrected chi connectivity index (χ1v) is 9.45. The van der Waals surface area contributed by atoms with Crippen molar-refractivity contribution in [2.45, 2.75) is 45.1 Å². The van der Waals surface area contributed by atoms with E-state index in [0.717, 1.165) is 63.6 Å². The van der Waals surface area contributed by atoms with E-state index >= 15 is 0 Å². The number of aliphatic hydroxyl groups excluding tert-OH is 1. The van der Waals surface area contributed by atoms with E-state index in [-0.39, 0.29) is 6.10 Å². The third kappa shape index (κ3) is 4.44. The Hall–Kier alpha value is -0.160. The Balaban J connectivity index is 1.23. The van der Waals surface area contributed by atoms with Crippen LogP contribution in [-0.2, 0) is 4.74 Å². The quantitative estimate of drug-likeness (QED) is 0.694. The largest absolute Gasteiger partial charge is 0.389 e. The fraction of sp³-hybridized carbons (Fsp3) is 1.00. The zero-order valence-electron chi connectivity index (χ0n) is 14.3. The molecule has 0 aromatic heterocycles. The molecule has 3 rings (SSSR count). The molecule has 4 heteroatoms. The topological polar surface area (TPSA) is 35.9 Å². The highest BCUT2D eigenvalue weighted by molar-refractivity contribution is 4.89. The summed E-state index contributed by atoms with van der Waals surface area (Å²) in [6.45, 7) is 9.90. The summed E-state index contributed by atoms with van der Waals surface area (Å²) in [6.07, 6.45) is 6.75. The lowest BCUT2D eigenvalue weighted by atomic mass is 9.87. The average molecular weight is 310 g/mol. The van der Waals surface area contributed by atoms with E-state index in [1.165, 1.54) is 32.1 Å². The standard InChI is InChI=1S/C18H34N2O2/c1-2-19-6-8-20(9-7-19)13-18(21)14-22-10-5-17-12-15-3-4-16(17)11-15/h15-18,21H,2-14H2,1H3/t15-,16-,17+,18-/m1/s1. The predicted octanol–water partition coefficient (Wildman–Crippen LogP) is 1.83. The monoisotopic (exact) mass is 310 g/mol. The molecule has 22 heavy (non-hydrogen) atoms. The fourth-order valence-corrected chi connectivity index (χ4v) is 4.82. The van der Waals surface area contributed by atoms with Crippen molar-refractivity contribution >= 4 is 0 Å². The fourth-order valence-electron chi connectivity index (χ4n) is 4.82. The molecule has 128 valence electrons. The average Bonchev–Trinajstić information content (AvgIpc) is 3.15. The summed E-state index contributed by atoms with van der Waals surface area (Å²) < 4.78 is 5.76. The van der Waals surface area contributed by atoms with E-state index in [9.17, 15) is 5.11 Å². The van der Waals surface area contributed by atoms with Crippen LogP contribution in [0.25, 0.3) is 0 Å². The lowest BCUT2D eigenvalue weighted by molar-refractivity contribution is 0.00276. The molecule has 1 aliphatic heterocycles. The van der Waals surface area contributed by atoms with Gasteiger partial charge in [0.15, 0.2) is 0 Å². The number of hydrogen-bond acceptors (Lipinski definition) is 4. The van der Waals surface area contributed by atoms with Gasteiger partial charge >= 0.3 is 0 Å². The van der Waals surface area contributed by atoms with Gasteiger partial charge in [-0.05, 0) is 50.0 Å². The predicted molar refractivity (Wildman–Crippen MR) is 88.9 cm³/mol. The second kappa shape index (κ2) is 8.09. The summed E-state index contributed by atoms with van der Waals surface area (Å²) in [5.41, 5.74) is 0. The number of nitrogens with zero attached hydrogens (tertiary/aromatic N) is 2. The number of likely N-dealkylation sites (N-methyl/N-ethyl adjacent to an activating group) is 1. The number of ether oxygens (including phenoxy) is 1. The smallest absolute Gasteiger partial charge is 0.0900 e. The molecule has 0 spiro atoms.